The van der Waals surface area contributed by atoms with Gasteiger partial charge in [-0.1, -0.05) is 18.2 Å². The molecule has 2 amide bonds. The highest BCUT2D eigenvalue weighted by Crippen LogP contribution is 2.25. The summed E-state index contributed by atoms with van der Waals surface area (Å²) < 4.78 is 10.9. The number of rotatable bonds is 8. The lowest BCUT2D eigenvalue weighted by Crippen LogP contribution is -2.17. The summed E-state index contributed by atoms with van der Waals surface area (Å²) in [6.07, 6.45) is 0. The van der Waals surface area contributed by atoms with E-state index in [4.69, 9.17) is 9.47 Å². The van der Waals surface area contributed by atoms with E-state index < -0.39 is 0 Å². The third kappa shape index (κ3) is 5.85. The van der Waals surface area contributed by atoms with E-state index in [0.29, 0.717) is 47.2 Å². The molecule has 3 aromatic carbocycles. The lowest BCUT2D eigenvalue weighted by Gasteiger charge is -2.14. The van der Waals surface area contributed by atoms with Gasteiger partial charge >= 0.3 is 0 Å². The van der Waals surface area contributed by atoms with Crippen LogP contribution in [0.5, 0.6) is 11.5 Å². The Hall–Kier alpha value is -3.80. The molecule has 0 saturated carbocycles. The predicted octanol–water partition coefficient (Wildman–Crippen LogP) is 5.30. The van der Waals surface area contributed by atoms with E-state index in [2.05, 4.69) is 10.6 Å². The molecule has 0 aromatic heterocycles. The van der Waals surface area contributed by atoms with Crippen molar-refractivity contribution in [2.75, 3.05) is 23.8 Å². The van der Waals surface area contributed by atoms with Crippen molar-refractivity contribution in [2.45, 2.75) is 20.8 Å². The first-order valence-electron chi connectivity index (χ1n) is 10.2. The van der Waals surface area contributed by atoms with E-state index in [1.807, 2.05) is 32.9 Å². The number of benzene rings is 3. The molecule has 0 fully saturated rings. The van der Waals surface area contributed by atoms with Crippen LogP contribution in [-0.2, 0) is 0 Å². The van der Waals surface area contributed by atoms with Crippen LogP contribution in [-0.4, -0.2) is 25.0 Å². The lowest BCUT2D eigenvalue weighted by molar-refractivity contribution is 0.101. The zero-order valence-electron chi connectivity index (χ0n) is 17.9. The van der Waals surface area contributed by atoms with Crippen LogP contribution in [0.25, 0.3) is 0 Å². The van der Waals surface area contributed by atoms with Gasteiger partial charge in [-0.3, -0.25) is 9.59 Å². The van der Waals surface area contributed by atoms with Gasteiger partial charge in [-0.05, 0) is 74.9 Å². The van der Waals surface area contributed by atoms with Crippen LogP contribution in [0.15, 0.2) is 66.7 Å². The Kier molecular flexibility index (Phi) is 7.27. The normalized spacial score (nSPS) is 10.3. The summed E-state index contributed by atoms with van der Waals surface area (Å²) in [6.45, 7) is 6.73. The van der Waals surface area contributed by atoms with Crippen molar-refractivity contribution in [3.8, 4) is 11.5 Å². The molecule has 0 aliphatic heterocycles. The number of nitrogens with one attached hydrogen (secondary N) is 2. The molecule has 0 bridgehead atoms. The number of hydrogen-bond acceptors (Lipinski definition) is 4. The van der Waals surface area contributed by atoms with Crippen molar-refractivity contribution >= 4 is 23.2 Å². The predicted molar refractivity (Wildman–Crippen MR) is 122 cm³/mol. The number of amides is 2. The van der Waals surface area contributed by atoms with Gasteiger partial charge in [0.1, 0.15) is 11.5 Å². The summed E-state index contributed by atoms with van der Waals surface area (Å²) in [6, 6.07) is 19.4. The summed E-state index contributed by atoms with van der Waals surface area (Å²) >= 11 is 0. The van der Waals surface area contributed by atoms with Gasteiger partial charge in [0.2, 0.25) is 0 Å². The smallest absolute Gasteiger partial charge is 0.255 e. The van der Waals surface area contributed by atoms with Crippen LogP contribution in [0, 0.1) is 6.92 Å². The Bertz CT molecular complexity index is 1080. The molecule has 160 valence electrons. The topological polar surface area (TPSA) is 76.7 Å². The maximum absolute atomic E-state index is 12.8. The van der Waals surface area contributed by atoms with Crippen molar-refractivity contribution in [2.24, 2.45) is 0 Å². The molecular weight excluding hydrogens is 392 g/mol. The van der Waals surface area contributed by atoms with Crippen LogP contribution < -0.4 is 20.1 Å². The second-order valence-corrected chi connectivity index (χ2v) is 6.88. The highest BCUT2D eigenvalue weighted by atomic mass is 16.5. The largest absolute Gasteiger partial charge is 0.494 e. The molecule has 0 aliphatic carbocycles. The SMILES string of the molecule is CCOc1cccc(C(=O)Nc2ccc(C)cc2NC(=O)c2cccc(OCC)c2)c1. The summed E-state index contributed by atoms with van der Waals surface area (Å²) in [5.41, 5.74) is 2.91. The van der Waals surface area contributed by atoms with Crippen LogP contribution in [0.3, 0.4) is 0 Å². The van der Waals surface area contributed by atoms with Crippen molar-refractivity contribution in [1.82, 2.24) is 0 Å². The van der Waals surface area contributed by atoms with Gasteiger partial charge in [0.25, 0.3) is 11.8 Å². The van der Waals surface area contributed by atoms with Crippen LogP contribution in [0.2, 0.25) is 0 Å². The standard InChI is InChI=1S/C25H26N2O4/c1-4-30-20-10-6-8-18(15-20)24(28)26-22-13-12-17(3)14-23(22)27-25(29)19-9-7-11-21(16-19)31-5-2/h6-16H,4-5H2,1-3H3,(H,26,28)(H,27,29). The molecule has 0 unspecified atom stereocenters. The maximum Gasteiger partial charge on any atom is 0.255 e. The molecule has 2 N–H and O–H groups in total. The Morgan fingerprint density at radius 1 is 0.710 bits per heavy atom. The highest BCUT2D eigenvalue weighted by molar-refractivity contribution is 6.10. The first-order chi connectivity index (χ1) is 15.0. The minimum Gasteiger partial charge on any atom is -0.494 e. The van der Waals surface area contributed by atoms with Crippen LogP contribution >= 0.6 is 0 Å². The maximum atomic E-state index is 12.8. The summed E-state index contributed by atoms with van der Waals surface area (Å²) in [5.74, 6) is 0.670. The summed E-state index contributed by atoms with van der Waals surface area (Å²) in [7, 11) is 0. The first kappa shape index (κ1) is 21.9. The second-order valence-electron chi connectivity index (χ2n) is 6.88. The Morgan fingerprint density at radius 3 is 1.74 bits per heavy atom. The van der Waals surface area contributed by atoms with Gasteiger partial charge in [-0.15, -0.1) is 0 Å². The summed E-state index contributed by atoms with van der Waals surface area (Å²) in [4.78, 5) is 25.6. The van der Waals surface area contributed by atoms with Crippen molar-refractivity contribution < 1.29 is 19.1 Å². The fourth-order valence-corrected chi connectivity index (χ4v) is 3.05. The van der Waals surface area contributed by atoms with E-state index in [0.717, 1.165) is 5.56 Å². The van der Waals surface area contributed by atoms with E-state index in [-0.39, 0.29) is 11.8 Å². The third-order valence-corrected chi connectivity index (χ3v) is 4.49. The Morgan fingerprint density at radius 2 is 1.23 bits per heavy atom. The number of hydrogen-bond donors (Lipinski definition) is 2. The van der Waals surface area contributed by atoms with Crippen molar-refractivity contribution in [3.63, 3.8) is 0 Å². The Balaban J connectivity index is 1.80. The molecule has 0 heterocycles. The Labute approximate surface area is 182 Å². The lowest BCUT2D eigenvalue weighted by atomic mass is 10.1. The summed E-state index contributed by atoms with van der Waals surface area (Å²) in [5, 5.41) is 5.77. The molecule has 3 rings (SSSR count). The fraction of sp³-hybridized carbons (Fsp3) is 0.200. The minimum atomic E-state index is -0.292. The highest BCUT2D eigenvalue weighted by Gasteiger charge is 2.14. The first-order valence-corrected chi connectivity index (χ1v) is 10.2. The van der Waals surface area contributed by atoms with Gasteiger partial charge < -0.3 is 20.1 Å². The fourth-order valence-electron chi connectivity index (χ4n) is 3.05. The number of carbonyl (C=O) groups excluding carboxylic acids is 2. The molecule has 0 spiro atoms. The third-order valence-electron chi connectivity index (χ3n) is 4.49. The van der Waals surface area contributed by atoms with Gasteiger partial charge in [-0.2, -0.15) is 0 Å². The average Bonchev–Trinajstić information content (AvgIpc) is 2.76. The molecule has 0 aliphatic rings. The molecule has 31 heavy (non-hydrogen) atoms. The minimum absolute atomic E-state index is 0.291. The van der Waals surface area contributed by atoms with E-state index in [9.17, 15) is 9.59 Å². The van der Waals surface area contributed by atoms with Gasteiger partial charge in [0, 0.05) is 11.1 Å². The van der Waals surface area contributed by atoms with E-state index in [1.54, 1.807) is 54.6 Å². The zero-order chi connectivity index (χ0) is 22.2. The van der Waals surface area contributed by atoms with Gasteiger partial charge in [-0.25, -0.2) is 0 Å². The molecule has 3 aromatic rings. The molecule has 0 saturated heterocycles. The second kappa shape index (κ2) is 10.3. The number of aryl methyl sites for hydroxylation is 1. The molecule has 6 heteroatoms. The average molecular weight is 418 g/mol. The molecular formula is C25H26N2O4. The molecule has 0 atom stereocenters. The van der Waals surface area contributed by atoms with E-state index in [1.165, 1.54) is 0 Å². The van der Waals surface area contributed by atoms with Gasteiger partial charge in [0.15, 0.2) is 0 Å². The monoisotopic (exact) mass is 418 g/mol. The van der Waals surface area contributed by atoms with Crippen LogP contribution in [0.1, 0.15) is 40.1 Å². The molecule has 6 nitrogen and oxygen atoms in total. The number of carbonyl (C=O) groups is 2. The van der Waals surface area contributed by atoms with Crippen LogP contribution in [0.4, 0.5) is 11.4 Å². The van der Waals surface area contributed by atoms with Crippen molar-refractivity contribution in [1.29, 1.82) is 0 Å². The quantitative estimate of drug-likeness (QED) is 0.521. The van der Waals surface area contributed by atoms with Crippen molar-refractivity contribution in [3.05, 3.63) is 83.4 Å². The number of ether oxygens (including phenoxy) is 2. The number of anilines is 2. The van der Waals surface area contributed by atoms with Gasteiger partial charge in [0.05, 0.1) is 24.6 Å². The molecule has 0 radical (unpaired) electrons. The zero-order valence-corrected chi connectivity index (χ0v) is 17.9. The van der Waals surface area contributed by atoms with E-state index >= 15 is 0 Å².